The van der Waals surface area contributed by atoms with Gasteiger partial charge in [0.25, 0.3) is 0 Å². The molecule has 25 heavy (non-hydrogen) atoms. The molecule has 0 radical (unpaired) electrons. The van der Waals surface area contributed by atoms with Crippen LogP contribution in [0.3, 0.4) is 0 Å². The number of primary sulfonamides is 1. The van der Waals surface area contributed by atoms with Gasteiger partial charge in [0, 0.05) is 6.54 Å². The molecule has 0 amide bonds. The highest BCUT2D eigenvalue weighted by Gasteiger charge is 2.07. The first-order valence-corrected chi connectivity index (χ1v) is 10.4. The van der Waals surface area contributed by atoms with Gasteiger partial charge in [0.05, 0.1) is 15.5 Å². The number of nitrogens with one attached hydrogen (secondary N) is 1. The van der Waals surface area contributed by atoms with Crippen LogP contribution in [0.1, 0.15) is 25.0 Å². The summed E-state index contributed by atoms with van der Waals surface area (Å²) in [5.74, 6) is 0.841. The Morgan fingerprint density at radius 2 is 1.76 bits per heavy atom. The molecule has 0 saturated carbocycles. The molecule has 0 atom stereocenters. The minimum Gasteiger partial charge on any atom is -0.490 e. The summed E-state index contributed by atoms with van der Waals surface area (Å²) in [5.41, 5.74) is 2.22. The molecule has 0 aliphatic rings. The molecule has 0 aliphatic carbocycles. The molecule has 0 unspecified atom stereocenters. The van der Waals surface area contributed by atoms with Crippen LogP contribution in [0.25, 0.3) is 0 Å². The maximum Gasteiger partial charge on any atom is 0.238 e. The Bertz CT molecular complexity index is 806. The van der Waals surface area contributed by atoms with Gasteiger partial charge in [-0.2, -0.15) is 0 Å². The minimum atomic E-state index is -3.63. The lowest BCUT2D eigenvalue weighted by molar-refractivity contribution is 0.241. The summed E-state index contributed by atoms with van der Waals surface area (Å²) in [5, 5.41) is 8.47. The summed E-state index contributed by atoms with van der Waals surface area (Å²) in [7, 11) is -3.63. The largest absolute Gasteiger partial charge is 0.490 e. The molecule has 7 heteroatoms. The van der Waals surface area contributed by atoms with Crippen LogP contribution in [0.15, 0.2) is 51.8 Å². The third kappa shape index (κ3) is 6.43. The topological polar surface area (TPSA) is 81.4 Å². The third-order valence-corrected chi connectivity index (χ3v) is 5.08. The second-order valence-electron chi connectivity index (χ2n) is 6.05. The van der Waals surface area contributed by atoms with Crippen molar-refractivity contribution >= 4 is 26.0 Å². The van der Waals surface area contributed by atoms with Crippen molar-refractivity contribution in [1.29, 1.82) is 0 Å². The molecule has 136 valence electrons. The van der Waals surface area contributed by atoms with E-state index in [4.69, 9.17) is 9.88 Å². The van der Waals surface area contributed by atoms with E-state index in [1.807, 2.05) is 32.0 Å². The second-order valence-corrected chi connectivity index (χ2v) is 8.46. The Morgan fingerprint density at radius 3 is 2.32 bits per heavy atom. The van der Waals surface area contributed by atoms with E-state index in [-0.39, 0.29) is 11.0 Å². The molecule has 0 heterocycles. The van der Waals surface area contributed by atoms with Gasteiger partial charge in [0.2, 0.25) is 10.0 Å². The third-order valence-electron chi connectivity index (χ3n) is 3.53. The average Bonchev–Trinajstić information content (AvgIpc) is 2.53. The standard InChI is InChI=1S/C18H23BrN2O3S/c1-13(2)24-18-8-5-15(11-17(18)19)12-21-10-9-14-3-6-16(7-4-14)25(20,22)23/h3-8,11,13,21H,9-10,12H2,1-2H3,(H2,20,22,23). The van der Waals surface area contributed by atoms with Crippen molar-refractivity contribution in [1.82, 2.24) is 5.32 Å². The van der Waals surface area contributed by atoms with Crippen molar-refractivity contribution < 1.29 is 13.2 Å². The summed E-state index contributed by atoms with van der Waals surface area (Å²) in [4.78, 5) is 0.137. The van der Waals surface area contributed by atoms with Crippen LogP contribution in [0, 0.1) is 0 Å². The van der Waals surface area contributed by atoms with Gasteiger partial charge in [0.1, 0.15) is 5.75 Å². The number of sulfonamides is 1. The number of rotatable bonds is 8. The molecule has 0 saturated heterocycles. The zero-order chi connectivity index (χ0) is 18.4. The zero-order valence-corrected chi connectivity index (χ0v) is 16.7. The average molecular weight is 427 g/mol. The first kappa shape index (κ1) is 19.9. The Labute approximate surface area is 157 Å². The molecule has 0 spiro atoms. The number of hydrogen-bond donors (Lipinski definition) is 2. The molecular weight excluding hydrogens is 404 g/mol. The van der Waals surface area contributed by atoms with E-state index >= 15 is 0 Å². The smallest absolute Gasteiger partial charge is 0.238 e. The fourth-order valence-electron chi connectivity index (χ4n) is 2.32. The quantitative estimate of drug-likeness (QED) is 0.634. The normalized spacial score (nSPS) is 11.7. The van der Waals surface area contributed by atoms with E-state index in [0.717, 1.165) is 40.9 Å². The highest BCUT2D eigenvalue weighted by atomic mass is 79.9. The van der Waals surface area contributed by atoms with Gasteiger partial charge < -0.3 is 10.1 Å². The lowest BCUT2D eigenvalue weighted by atomic mass is 10.1. The van der Waals surface area contributed by atoms with Crippen molar-refractivity contribution in [2.75, 3.05) is 6.54 Å². The van der Waals surface area contributed by atoms with Crippen LogP contribution in [0.4, 0.5) is 0 Å². The highest BCUT2D eigenvalue weighted by molar-refractivity contribution is 9.10. The number of ether oxygens (including phenoxy) is 1. The molecule has 0 bridgehead atoms. The number of benzene rings is 2. The molecular formula is C18H23BrN2O3S. The van der Waals surface area contributed by atoms with Crippen LogP contribution in [0.2, 0.25) is 0 Å². The van der Waals surface area contributed by atoms with Crippen LogP contribution in [-0.2, 0) is 23.0 Å². The summed E-state index contributed by atoms with van der Waals surface area (Å²) in [6, 6.07) is 12.7. The van der Waals surface area contributed by atoms with Gasteiger partial charge in [-0.15, -0.1) is 0 Å². The number of hydrogen-bond acceptors (Lipinski definition) is 4. The van der Waals surface area contributed by atoms with Gasteiger partial charge in [-0.25, -0.2) is 13.6 Å². The number of nitrogens with two attached hydrogens (primary N) is 1. The van der Waals surface area contributed by atoms with Gasteiger partial charge in [-0.05, 0) is 78.1 Å². The SMILES string of the molecule is CC(C)Oc1ccc(CNCCc2ccc(S(N)(=O)=O)cc2)cc1Br. The van der Waals surface area contributed by atoms with E-state index in [0.29, 0.717) is 0 Å². The molecule has 3 N–H and O–H groups in total. The lowest BCUT2D eigenvalue weighted by Gasteiger charge is -2.13. The number of halogens is 1. The van der Waals surface area contributed by atoms with Gasteiger partial charge in [-0.1, -0.05) is 18.2 Å². The van der Waals surface area contributed by atoms with Crippen LogP contribution in [-0.4, -0.2) is 21.1 Å². The molecule has 2 aromatic carbocycles. The predicted octanol–water partition coefficient (Wildman–Crippen LogP) is 3.22. The fourth-order valence-corrected chi connectivity index (χ4v) is 3.35. The van der Waals surface area contributed by atoms with E-state index in [9.17, 15) is 8.42 Å². The molecule has 2 aromatic rings. The van der Waals surface area contributed by atoms with E-state index in [1.165, 1.54) is 12.1 Å². The van der Waals surface area contributed by atoms with Gasteiger partial charge in [0.15, 0.2) is 0 Å². The van der Waals surface area contributed by atoms with Crippen molar-refractivity contribution in [3.63, 3.8) is 0 Å². The first-order chi connectivity index (χ1) is 11.8. The van der Waals surface area contributed by atoms with Crippen molar-refractivity contribution in [3.05, 3.63) is 58.1 Å². The molecule has 2 rings (SSSR count). The minimum absolute atomic E-state index is 0.137. The molecule has 0 fully saturated rings. The Hall–Kier alpha value is -1.41. The summed E-state index contributed by atoms with van der Waals surface area (Å²) in [6.07, 6.45) is 0.946. The lowest BCUT2D eigenvalue weighted by Crippen LogP contribution is -2.17. The van der Waals surface area contributed by atoms with Gasteiger partial charge in [-0.3, -0.25) is 0 Å². The zero-order valence-electron chi connectivity index (χ0n) is 14.3. The maximum absolute atomic E-state index is 11.2. The van der Waals surface area contributed by atoms with Gasteiger partial charge >= 0.3 is 0 Å². The van der Waals surface area contributed by atoms with E-state index in [1.54, 1.807) is 12.1 Å². The summed E-state index contributed by atoms with van der Waals surface area (Å²) in [6.45, 7) is 5.53. The van der Waals surface area contributed by atoms with Crippen LogP contribution >= 0.6 is 15.9 Å². The Morgan fingerprint density at radius 1 is 1.12 bits per heavy atom. The molecule has 0 aromatic heterocycles. The van der Waals surface area contributed by atoms with Crippen LogP contribution < -0.4 is 15.2 Å². The van der Waals surface area contributed by atoms with Crippen molar-refractivity contribution in [2.24, 2.45) is 5.14 Å². The van der Waals surface area contributed by atoms with Crippen LogP contribution in [0.5, 0.6) is 5.75 Å². The summed E-state index contributed by atoms with van der Waals surface area (Å²) < 4.78 is 29.1. The first-order valence-electron chi connectivity index (χ1n) is 8.03. The maximum atomic E-state index is 11.2. The monoisotopic (exact) mass is 426 g/mol. The van der Waals surface area contributed by atoms with E-state index < -0.39 is 10.0 Å². The Balaban J connectivity index is 1.82. The molecule has 5 nitrogen and oxygen atoms in total. The predicted molar refractivity (Wildman–Crippen MR) is 103 cm³/mol. The summed E-state index contributed by atoms with van der Waals surface area (Å²) >= 11 is 3.53. The molecule has 0 aliphatic heterocycles. The van der Waals surface area contributed by atoms with Crippen molar-refractivity contribution in [3.8, 4) is 5.75 Å². The second kappa shape index (κ2) is 8.80. The highest BCUT2D eigenvalue weighted by Crippen LogP contribution is 2.26. The van der Waals surface area contributed by atoms with E-state index in [2.05, 4.69) is 21.2 Å². The van der Waals surface area contributed by atoms with Crippen molar-refractivity contribution in [2.45, 2.75) is 37.8 Å². The Kier molecular flexibility index (Phi) is 7.01. The fraction of sp³-hybridized carbons (Fsp3) is 0.333.